The predicted octanol–water partition coefficient (Wildman–Crippen LogP) is 6.90. The van der Waals surface area contributed by atoms with E-state index < -0.39 is 21.8 Å². The van der Waals surface area contributed by atoms with Crippen molar-refractivity contribution in [3.05, 3.63) is 108 Å². The van der Waals surface area contributed by atoms with Crippen LogP contribution >= 0.6 is 0 Å². The van der Waals surface area contributed by atoms with Gasteiger partial charge >= 0.3 is 6.18 Å². The molecule has 11 heteroatoms. The Morgan fingerprint density at radius 1 is 0.905 bits per heavy atom. The van der Waals surface area contributed by atoms with Crippen LogP contribution in [0.2, 0.25) is 0 Å². The summed E-state index contributed by atoms with van der Waals surface area (Å²) in [5.74, 6) is 1.40. The molecule has 0 aliphatic heterocycles. The number of imidazole rings is 1. The lowest BCUT2D eigenvalue weighted by atomic mass is 10.1. The number of rotatable bonds is 10. The summed E-state index contributed by atoms with van der Waals surface area (Å²) in [5.41, 5.74) is 1.64. The van der Waals surface area contributed by atoms with Crippen molar-refractivity contribution in [2.75, 3.05) is 13.7 Å². The van der Waals surface area contributed by atoms with Crippen molar-refractivity contribution in [2.24, 2.45) is 0 Å². The van der Waals surface area contributed by atoms with E-state index in [-0.39, 0.29) is 17.1 Å². The van der Waals surface area contributed by atoms with E-state index in [4.69, 9.17) is 9.47 Å². The Morgan fingerprint density at radius 2 is 1.62 bits per heavy atom. The number of ether oxygens (including phenoxy) is 2. The summed E-state index contributed by atoms with van der Waals surface area (Å²) in [6.45, 7) is 2.03. The van der Waals surface area contributed by atoms with Crippen LogP contribution in [0.4, 0.5) is 13.2 Å². The molecule has 0 aliphatic carbocycles. The third-order valence-electron chi connectivity index (χ3n) is 6.69. The van der Waals surface area contributed by atoms with Crippen LogP contribution in [0.5, 0.6) is 17.2 Å². The van der Waals surface area contributed by atoms with E-state index in [9.17, 15) is 21.6 Å². The summed E-state index contributed by atoms with van der Waals surface area (Å²) in [6, 6.07) is 22.7. The Kier molecular flexibility index (Phi) is 8.24. The number of hydrogen-bond donors (Lipinski definition) is 1. The quantitative estimate of drug-likeness (QED) is 0.190. The summed E-state index contributed by atoms with van der Waals surface area (Å²) in [7, 11) is -2.23. The number of fused-ring (bicyclic) bond motifs is 1. The van der Waals surface area contributed by atoms with Gasteiger partial charge in [0.15, 0.2) is 0 Å². The van der Waals surface area contributed by atoms with E-state index >= 15 is 0 Å². The molecule has 2 aromatic heterocycles. The lowest BCUT2D eigenvalue weighted by molar-refractivity contribution is -0.136. The first-order chi connectivity index (χ1) is 20.1. The van der Waals surface area contributed by atoms with Gasteiger partial charge in [0.05, 0.1) is 29.0 Å². The number of benzene rings is 3. The second-order valence-corrected chi connectivity index (χ2v) is 11.2. The molecule has 0 spiro atoms. The minimum atomic E-state index is -4.54. The van der Waals surface area contributed by atoms with E-state index in [2.05, 4.69) is 9.71 Å². The SMILES string of the molecule is CCc1nc2c(C(F)(F)F)cccn2c1-c1cccc(Oc2cccc(S(=O)(=O)NCCc3ccc(OC)cc3)c2)c1. The Bertz CT molecular complexity index is 1820. The van der Waals surface area contributed by atoms with E-state index in [0.29, 0.717) is 41.3 Å². The molecule has 0 unspecified atom stereocenters. The highest BCUT2D eigenvalue weighted by Gasteiger charge is 2.34. The Morgan fingerprint density at radius 3 is 2.31 bits per heavy atom. The fourth-order valence-electron chi connectivity index (χ4n) is 4.64. The van der Waals surface area contributed by atoms with Gasteiger partial charge in [-0.25, -0.2) is 18.1 Å². The van der Waals surface area contributed by atoms with Crippen molar-refractivity contribution < 1.29 is 31.1 Å². The minimum Gasteiger partial charge on any atom is -0.497 e. The largest absolute Gasteiger partial charge is 0.497 e. The number of sulfonamides is 1. The Hall–Kier alpha value is -4.35. The molecular weight excluding hydrogens is 567 g/mol. The highest BCUT2D eigenvalue weighted by Crippen LogP contribution is 2.36. The van der Waals surface area contributed by atoms with Crippen LogP contribution in [-0.4, -0.2) is 31.5 Å². The molecular formula is C31H28F3N3O4S. The number of methoxy groups -OCH3 is 1. The molecule has 3 aromatic carbocycles. The van der Waals surface area contributed by atoms with Crippen molar-refractivity contribution in [3.63, 3.8) is 0 Å². The number of nitrogens with zero attached hydrogens (tertiary/aromatic N) is 2. The van der Waals surface area contributed by atoms with E-state index in [1.165, 1.54) is 22.6 Å². The van der Waals surface area contributed by atoms with Gasteiger partial charge in [-0.15, -0.1) is 0 Å². The fourth-order valence-corrected chi connectivity index (χ4v) is 5.71. The second kappa shape index (κ2) is 11.9. The average molecular weight is 596 g/mol. The molecule has 1 N–H and O–H groups in total. The number of aromatic nitrogens is 2. The first-order valence-corrected chi connectivity index (χ1v) is 14.7. The maximum Gasteiger partial charge on any atom is 0.419 e. The van der Waals surface area contributed by atoms with Gasteiger partial charge in [0, 0.05) is 24.4 Å². The van der Waals surface area contributed by atoms with Crippen LogP contribution in [0.1, 0.15) is 23.7 Å². The summed E-state index contributed by atoms with van der Waals surface area (Å²) >= 11 is 0. The molecule has 0 aliphatic rings. The summed E-state index contributed by atoms with van der Waals surface area (Å²) in [6.07, 6.45) is -2.07. The molecule has 0 radical (unpaired) electrons. The van der Waals surface area contributed by atoms with Crippen LogP contribution in [0.3, 0.4) is 0 Å². The topological polar surface area (TPSA) is 81.9 Å². The monoisotopic (exact) mass is 595 g/mol. The molecule has 0 fully saturated rings. The summed E-state index contributed by atoms with van der Waals surface area (Å²) in [5, 5.41) is 0. The van der Waals surface area contributed by atoms with Crippen LogP contribution in [0.25, 0.3) is 16.9 Å². The third-order valence-corrected chi connectivity index (χ3v) is 8.15. The summed E-state index contributed by atoms with van der Waals surface area (Å²) < 4.78 is 82.0. The molecule has 2 heterocycles. The van der Waals surface area contributed by atoms with E-state index in [1.54, 1.807) is 49.7 Å². The summed E-state index contributed by atoms with van der Waals surface area (Å²) in [4.78, 5) is 4.34. The Labute approximate surface area is 241 Å². The molecule has 7 nitrogen and oxygen atoms in total. The molecule has 0 saturated heterocycles. The third kappa shape index (κ3) is 6.27. The minimum absolute atomic E-state index is 0.0422. The van der Waals surface area contributed by atoms with Crippen LogP contribution in [0, 0.1) is 0 Å². The number of pyridine rings is 1. The molecule has 0 amide bonds. The predicted molar refractivity (Wildman–Crippen MR) is 153 cm³/mol. The normalized spacial score (nSPS) is 12.0. The molecule has 5 rings (SSSR count). The highest BCUT2D eigenvalue weighted by molar-refractivity contribution is 7.89. The molecule has 0 atom stereocenters. The molecule has 42 heavy (non-hydrogen) atoms. The maximum atomic E-state index is 13.6. The number of aryl methyl sites for hydroxylation is 1. The Balaban J connectivity index is 1.36. The van der Waals surface area contributed by atoms with Gasteiger partial charge in [-0.2, -0.15) is 13.2 Å². The maximum absolute atomic E-state index is 13.6. The van der Waals surface area contributed by atoms with E-state index in [1.807, 2.05) is 31.2 Å². The average Bonchev–Trinajstić information content (AvgIpc) is 3.36. The number of alkyl halides is 3. The highest BCUT2D eigenvalue weighted by atomic mass is 32.2. The van der Waals surface area contributed by atoms with Crippen LogP contribution in [-0.2, 0) is 29.0 Å². The fraction of sp³-hybridized carbons (Fsp3) is 0.194. The van der Waals surface area contributed by atoms with Crippen molar-refractivity contribution >= 4 is 15.7 Å². The molecule has 5 aromatic rings. The van der Waals surface area contributed by atoms with Crippen molar-refractivity contribution in [1.29, 1.82) is 0 Å². The lowest BCUT2D eigenvalue weighted by Crippen LogP contribution is -2.26. The zero-order valence-corrected chi connectivity index (χ0v) is 23.7. The molecule has 218 valence electrons. The standard InChI is InChI=1S/C31H28F3N3O4S/c1-3-28-29(37-18-6-11-27(30(37)36-28)31(32,33)34)22-7-4-8-24(19-22)41-25-9-5-10-26(20-25)42(38,39)35-17-16-21-12-14-23(40-2)15-13-21/h4-15,18-20,35H,3,16-17H2,1-2H3. The van der Waals surface area contributed by atoms with Gasteiger partial charge in [-0.3, -0.25) is 4.40 Å². The zero-order chi connectivity index (χ0) is 29.9. The number of hydrogen-bond acceptors (Lipinski definition) is 5. The molecule has 0 saturated carbocycles. The van der Waals surface area contributed by atoms with E-state index in [0.717, 1.165) is 17.4 Å². The van der Waals surface area contributed by atoms with Crippen LogP contribution < -0.4 is 14.2 Å². The van der Waals surface area contributed by atoms with Gasteiger partial charge in [0.1, 0.15) is 22.9 Å². The van der Waals surface area contributed by atoms with Gasteiger partial charge in [-0.05, 0) is 66.9 Å². The van der Waals surface area contributed by atoms with Gasteiger partial charge < -0.3 is 9.47 Å². The van der Waals surface area contributed by atoms with Crippen LogP contribution in [0.15, 0.2) is 96.0 Å². The van der Waals surface area contributed by atoms with Crippen molar-refractivity contribution in [3.8, 4) is 28.5 Å². The first-order valence-electron chi connectivity index (χ1n) is 13.2. The van der Waals surface area contributed by atoms with Crippen molar-refractivity contribution in [1.82, 2.24) is 14.1 Å². The first kappa shape index (κ1) is 29.2. The zero-order valence-electron chi connectivity index (χ0n) is 22.9. The lowest BCUT2D eigenvalue weighted by Gasteiger charge is -2.12. The van der Waals surface area contributed by atoms with Gasteiger partial charge in [0.25, 0.3) is 0 Å². The van der Waals surface area contributed by atoms with Gasteiger partial charge in [-0.1, -0.05) is 37.3 Å². The number of nitrogens with one attached hydrogen (secondary N) is 1. The smallest absolute Gasteiger partial charge is 0.419 e. The second-order valence-electron chi connectivity index (χ2n) is 9.47. The molecule has 0 bridgehead atoms. The number of halogens is 3. The van der Waals surface area contributed by atoms with Crippen molar-refractivity contribution in [2.45, 2.75) is 30.8 Å². The van der Waals surface area contributed by atoms with Gasteiger partial charge in [0.2, 0.25) is 10.0 Å².